The van der Waals surface area contributed by atoms with Gasteiger partial charge in [0, 0.05) is 25.9 Å². The van der Waals surface area contributed by atoms with Crippen LogP contribution in [0.4, 0.5) is 0 Å². The lowest BCUT2D eigenvalue weighted by atomic mass is 9.80. The molecule has 2 fully saturated rings. The molecule has 0 unspecified atom stereocenters. The second-order valence-corrected chi connectivity index (χ2v) is 11.1. The number of benzene rings is 1. The van der Waals surface area contributed by atoms with Crippen molar-refractivity contribution in [2.24, 2.45) is 11.8 Å². The van der Waals surface area contributed by atoms with E-state index in [0.29, 0.717) is 36.6 Å². The zero-order valence-electron chi connectivity index (χ0n) is 17.6. The van der Waals surface area contributed by atoms with Gasteiger partial charge < -0.3 is 9.42 Å². The Morgan fingerprint density at radius 3 is 2.80 bits per heavy atom. The molecular formula is C22H29N3O4S. The summed E-state index contributed by atoms with van der Waals surface area (Å²) >= 11 is 0. The van der Waals surface area contributed by atoms with Crippen LogP contribution in [0.25, 0.3) is 0 Å². The van der Waals surface area contributed by atoms with Gasteiger partial charge in [0.05, 0.1) is 16.1 Å². The standard InChI is InChI=1S/C22H29N3O4S/c1-16(2)13-19-23-21(24-29-19)22-11-6-7-17(22)14-25(15-22)20(26)10-12-30(27,28)18-8-4-3-5-9-18/h3-5,8-9,16-17H,6-7,10-15H2,1-2H3/t17-,22-/m1/s1. The molecule has 162 valence electrons. The molecule has 1 aromatic heterocycles. The first-order valence-corrected chi connectivity index (χ1v) is 12.3. The number of hydrogen-bond acceptors (Lipinski definition) is 6. The first kappa shape index (κ1) is 21.0. The van der Waals surface area contributed by atoms with E-state index < -0.39 is 9.84 Å². The quantitative estimate of drug-likeness (QED) is 0.669. The van der Waals surface area contributed by atoms with Crippen LogP contribution in [-0.4, -0.2) is 48.2 Å². The second kappa shape index (κ2) is 8.13. The molecule has 2 aliphatic rings. The van der Waals surface area contributed by atoms with E-state index in [1.165, 1.54) is 0 Å². The van der Waals surface area contributed by atoms with Gasteiger partial charge in [-0.05, 0) is 36.8 Å². The van der Waals surface area contributed by atoms with Gasteiger partial charge in [-0.2, -0.15) is 4.98 Å². The molecule has 1 aliphatic carbocycles. The van der Waals surface area contributed by atoms with Crippen LogP contribution in [0.5, 0.6) is 0 Å². The van der Waals surface area contributed by atoms with E-state index in [4.69, 9.17) is 4.52 Å². The summed E-state index contributed by atoms with van der Waals surface area (Å²) in [6.07, 6.45) is 3.78. The zero-order valence-corrected chi connectivity index (χ0v) is 18.4. The summed E-state index contributed by atoms with van der Waals surface area (Å²) in [6, 6.07) is 8.30. The molecule has 1 saturated carbocycles. The maximum Gasteiger partial charge on any atom is 0.226 e. The normalized spacial score (nSPS) is 23.8. The Hall–Kier alpha value is -2.22. The highest BCUT2D eigenvalue weighted by atomic mass is 32.2. The summed E-state index contributed by atoms with van der Waals surface area (Å²) in [5.74, 6) is 1.81. The van der Waals surface area contributed by atoms with Gasteiger partial charge in [0.25, 0.3) is 0 Å². The van der Waals surface area contributed by atoms with Crippen LogP contribution in [-0.2, 0) is 26.5 Å². The van der Waals surface area contributed by atoms with E-state index in [0.717, 1.165) is 25.7 Å². The summed E-state index contributed by atoms with van der Waals surface area (Å²) in [4.78, 5) is 19.6. The molecule has 1 amide bonds. The highest BCUT2D eigenvalue weighted by Crippen LogP contribution is 2.49. The van der Waals surface area contributed by atoms with Crippen molar-refractivity contribution >= 4 is 15.7 Å². The molecule has 1 aromatic carbocycles. The highest BCUT2D eigenvalue weighted by molar-refractivity contribution is 7.91. The molecule has 30 heavy (non-hydrogen) atoms. The largest absolute Gasteiger partial charge is 0.341 e. The van der Waals surface area contributed by atoms with Crippen molar-refractivity contribution in [2.45, 2.75) is 56.3 Å². The van der Waals surface area contributed by atoms with Gasteiger partial charge in [-0.1, -0.05) is 43.6 Å². The van der Waals surface area contributed by atoms with Gasteiger partial charge in [-0.3, -0.25) is 4.79 Å². The minimum Gasteiger partial charge on any atom is -0.341 e. The van der Waals surface area contributed by atoms with E-state index in [-0.39, 0.29) is 28.4 Å². The van der Waals surface area contributed by atoms with Crippen molar-refractivity contribution in [1.82, 2.24) is 15.0 Å². The number of carbonyl (C=O) groups excluding carboxylic acids is 1. The molecule has 0 N–H and O–H groups in total. The molecule has 0 radical (unpaired) electrons. The van der Waals surface area contributed by atoms with Gasteiger partial charge in [0.15, 0.2) is 15.7 Å². The van der Waals surface area contributed by atoms with Crippen molar-refractivity contribution in [3.8, 4) is 0 Å². The van der Waals surface area contributed by atoms with E-state index in [2.05, 4.69) is 24.0 Å². The molecule has 2 atom stereocenters. The Morgan fingerprint density at radius 2 is 2.07 bits per heavy atom. The molecule has 7 nitrogen and oxygen atoms in total. The van der Waals surface area contributed by atoms with Crippen molar-refractivity contribution in [1.29, 1.82) is 0 Å². The highest BCUT2D eigenvalue weighted by Gasteiger charge is 2.54. The smallest absolute Gasteiger partial charge is 0.226 e. The maximum absolute atomic E-state index is 12.9. The Kier molecular flexibility index (Phi) is 5.70. The Labute approximate surface area is 177 Å². The van der Waals surface area contributed by atoms with Crippen molar-refractivity contribution < 1.29 is 17.7 Å². The zero-order chi connectivity index (χ0) is 21.4. The van der Waals surface area contributed by atoms with Crippen molar-refractivity contribution in [3.63, 3.8) is 0 Å². The Morgan fingerprint density at radius 1 is 1.30 bits per heavy atom. The van der Waals surface area contributed by atoms with E-state index in [1.54, 1.807) is 30.3 Å². The molecule has 1 aliphatic heterocycles. The molecule has 2 aromatic rings. The topological polar surface area (TPSA) is 93.4 Å². The molecule has 0 spiro atoms. The third kappa shape index (κ3) is 4.02. The lowest BCUT2D eigenvalue weighted by Crippen LogP contribution is -2.36. The fourth-order valence-corrected chi connectivity index (χ4v) is 6.11. The number of amides is 1. The molecule has 8 heteroatoms. The summed E-state index contributed by atoms with van der Waals surface area (Å²) < 4.78 is 30.5. The lowest BCUT2D eigenvalue weighted by molar-refractivity contribution is -0.130. The average molecular weight is 432 g/mol. The van der Waals surface area contributed by atoms with Crippen LogP contribution >= 0.6 is 0 Å². The molecule has 1 saturated heterocycles. The monoisotopic (exact) mass is 431 g/mol. The van der Waals surface area contributed by atoms with E-state index in [1.807, 2.05) is 4.90 Å². The Balaban J connectivity index is 1.44. The summed E-state index contributed by atoms with van der Waals surface area (Å²) in [5.41, 5.74) is -0.257. The molecular weight excluding hydrogens is 402 g/mol. The third-order valence-corrected chi connectivity index (χ3v) is 8.14. The lowest BCUT2D eigenvalue weighted by Gasteiger charge is -2.24. The second-order valence-electron chi connectivity index (χ2n) is 9.01. The number of fused-ring (bicyclic) bond motifs is 1. The fourth-order valence-electron chi connectivity index (χ4n) is 4.86. The van der Waals surface area contributed by atoms with Gasteiger partial charge >= 0.3 is 0 Å². The third-order valence-electron chi connectivity index (χ3n) is 6.41. The minimum atomic E-state index is -3.47. The molecule has 4 rings (SSSR count). The van der Waals surface area contributed by atoms with Gasteiger partial charge in [0.2, 0.25) is 11.8 Å². The van der Waals surface area contributed by atoms with Crippen molar-refractivity contribution in [2.75, 3.05) is 18.8 Å². The fraction of sp³-hybridized carbons (Fsp3) is 0.591. The van der Waals surface area contributed by atoms with Crippen molar-refractivity contribution in [3.05, 3.63) is 42.0 Å². The van der Waals surface area contributed by atoms with E-state index in [9.17, 15) is 13.2 Å². The van der Waals surface area contributed by atoms with Gasteiger partial charge in [0.1, 0.15) is 0 Å². The van der Waals surface area contributed by atoms with E-state index >= 15 is 0 Å². The van der Waals surface area contributed by atoms with Crippen LogP contribution in [0, 0.1) is 11.8 Å². The number of nitrogens with zero attached hydrogens (tertiary/aromatic N) is 3. The van der Waals surface area contributed by atoms with Crippen LogP contribution in [0.15, 0.2) is 39.8 Å². The number of rotatable bonds is 7. The van der Waals surface area contributed by atoms with Crippen LogP contribution in [0.2, 0.25) is 0 Å². The minimum absolute atomic E-state index is 0.00906. The molecule has 0 bridgehead atoms. The number of hydrogen-bond donors (Lipinski definition) is 0. The van der Waals surface area contributed by atoms with Crippen LogP contribution in [0.3, 0.4) is 0 Å². The summed E-state index contributed by atoms with van der Waals surface area (Å²) in [5, 5.41) is 4.28. The number of carbonyl (C=O) groups is 1. The number of likely N-dealkylation sites (tertiary alicyclic amines) is 1. The predicted molar refractivity (Wildman–Crippen MR) is 112 cm³/mol. The van der Waals surface area contributed by atoms with Gasteiger partial charge in [-0.25, -0.2) is 8.42 Å². The number of aromatic nitrogens is 2. The first-order valence-electron chi connectivity index (χ1n) is 10.7. The number of sulfone groups is 1. The van der Waals surface area contributed by atoms with Gasteiger partial charge in [-0.15, -0.1) is 0 Å². The SMILES string of the molecule is CC(C)Cc1nc([C@@]23CCC[C@@H]2CN(C(=O)CCS(=O)(=O)c2ccccc2)C3)no1. The average Bonchev–Trinajstić information content (AvgIpc) is 3.40. The predicted octanol–water partition coefficient (Wildman–Crippen LogP) is 3.01. The first-order chi connectivity index (χ1) is 14.3. The Bertz CT molecular complexity index is 1000. The summed E-state index contributed by atoms with van der Waals surface area (Å²) in [6.45, 7) is 5.40. The summed E-state index contributed by atoms with van der Waals surface area (Å²) in [7, 11) is -3.47. The maximum atomic E-state index is 12.9. The van der Waals surface area contributed by atoms with Crippen LogP contribution < -0.4 is 0 Å². The van der Waals surface area contributed by atoms with Crippen LogP contribution in [0.1, 0.15) is 51.2 Å². The molecule has 2 heterocycles.